The van der Waals surface area contributed by atoms with Gasteiger partial charge in [0.2, 0.25) is 11.8 Å². The Kier molecular flexibility index (Phi) is 11.4. The van der Waals surface area contributed by atoms with Gasteiger partial charge in [-0.05, 0) is 53.8 Å². The number of nitrogens with zero attached hydrogens (tertiary/aromatic N) is 2. The topological polar surface area (TPSA) is 96.0 Å². The molecule has 1 N–H and O–H groups in total. The molecule has 0 aromatic heterocycles. The van der Waals surface area contributed by atoms with Gasteiger partial charge in [0.15, 0.2) is 0 Å². The minimum absolute atomic E-state index is 0.0431. The van der Waals surface area contributed by atoms with E-state index in [1.807, 2.05) is 75.4 Å². The normalized spacial score (nSPS) is 11.9. The largest absolute Gasteiger partial charge is 0.497 e. The van der Waals surface area contributed by atoms with Crippen LogP contribution in [0.2, 0.25) is 0 Å². The highest BCUT2D eigenvalue weighted by Gasteiger charge is 2.35. The molecule has 2 amide bonds. The number of benzene rings is 4. The zero-order valence-corrected chi connectivity index (χ0v) is 27.0. The van der Waals surface area contributed by atoms with Gasteiger partial charge in [-0.1, -0.05) is 92.7 Å². The molecule has 0 heterocycles. The van der Waals surface area contributed by atoms with Crippen molar-refractivity contribution in [2.75, 3.05) is 24.5 Å². The van der Waals surface area contributed by atoms with Crippen LogP contribution < -0.4 is 14.4 Å². The molecular weight excluding hydrogens is 586 g/mol. The van der Waals surface area contributed by atoms with Gasteiger partial charge in [-0.15, -0.1) is 0 Å². The highest BCUT2D eigenvalue weighted by molar-refractivity contribution is 7.92. The number of rotatable bonds is 14. The fraction of sp³-hybridized carbons (Fsp3) is 0.278. The Morgan fingerprint density at radius 3 is 2.13 bits per heavy atom. The quantitative estimate of drug-likeness (QED) is 0.196. The number of aryl methyl sites for hydroxylation is 1. The summed E-state index contributed by atoms with van der Waals surface area (Å²) in [5.74, 6) is -0.166. The first-order chi connectivity index (χ1) is 21.6. The van der Waals surface area contributed by atoms with Gasteiger partial charge >= 0.3 is 0 Å². The van der Waals surface area contributed by atoms with Gasteiger partial charge in [0.05, 0.1) is 17.7 Å². The first-order valence-electron chi connectivity index (χ1n) is 15.0. The maximum Gasteiger partial charge on any atom is 0.264 e. The van der Waals surface area contributed by atoms with Crippen molar-refractivity contribution in [3.05, 3.63) is 126 Å². The van der Waals surface area contributed by atoms with Crippen molar-refractivity contribution in [1.29, 1.82) is 0 Å². The molecule has 45 heavy (non-hydrogen) atoms. The van der Waals surface area contributed by atoms with Crippen LogP contribution in [0, 0.1) is 12.8 Å². The summed E-state index contributed by atoms with van der Waals surface area (Å²) in [7, 11) is -2.69. The molecule has 236 valence electrons. The Morgan fingerprint density at radius 1 is 0.844 bits per heavy atom. The van der Waals surface area contributed by atoms with Gasteiger partial charge in [-0.2, -0.15) is 0 Å². The molecule has 9 heteroatoms. The number of sulfonamides is 1. The number of carbonyl (C=O) groups excluding carboxylic acids is 2. The minimum atomic E-state index is -4.19. The van der Waals surface area contributed by atoms with Crippen LogP contribution in [0.3, 0.4) is 0 Å². The van der Waals surface area contributed by atoms with Gasteiger partial charge in [0.25, 0.3) is 10.0 Å². The van der Waals surface area contributed by atoms with Gasteiger partial charge < -0.3 is 15.0 Å². The molecule has 0 radical (unpaired) electrons. The van der Waals surface area contributed by atoms with E-state index in [0.29, 0.717) is 12.3 Å². The van der Waals surface area contributed by atoms with E-state index >= 15 is 0 Å². The van der Waals surface area contributed by atoms with E-state index in [0.717, 1.165) is 21.0 Å². The second-order valence-corrected chi connectivity index (χ2v) is 13.2. The zero-order valence-electron chi connectivity index (χ0n) is 26.2. The highest BCUT2D eigenvalue weighted by atomic mass is 32.2. The van der Waals surface area contributed by atoms with Crippen LogP contribution in [0.25, 0.3) is 0 Å². The molecule has 0 unspecified atom stereocenters. The second-order valence-electron chi connectivity index (χ2n) is 11.3. The van der Waals surface area contributed by atoms with E-state index in [-0.39, 0.29) is 35.4 Å². The van der Waals surface area contributed by atoms with Crippen molar-refractivity contribution < 1.29 is 22.7 Å². The first kappa shape index (κ1) is 33.3. The SMILES string of the molecule is COc1cccc(N(CC(=O)N(Cc2ccccc2C)[C@H](Cc2ccccc2)C(=O)NCC(C)C)S(=O)(=O)c2ccccc2)c1. The smallest absolute Gasteiger partial charge is 0.264 e. The molecule has 0 aliphatic rings. The van der Waals surface area contributed by atoms with Crippen molar-refractivity contribution in [2.24, 2.45) is 5.92 Å². The Bertz CT molecular complexity index is 1680. The summed E-state index contributed by atoms with van der Waals surface area (Å²) in [4.78, 5) is 30.0. The van der Waals surface area contributed by atoms with E-state index in [9.17, 15) is 18.0 Å². The highest BCUT2D eigenvalue weighted by Crippen LogP contribution is 2.28. The number of nitrogens with one attached hydrogen (secondary N) is 1. The average molecular weight is 628 g/mol. The third-order valence-electron chi connectivity index (χ3n) is 7.51. The number of hydrogen-bond donors (Lipinski definition) is 1. The Balaban J connectivity index is 1.81. The number of hydrogen-bond acceptors (Lipinski definition) is 5. The summed E-state index contributed by atoms with van der Waals surface area (Å²) < 4.78 is 34.7. The van der Waals surface area contributed by atoms with E-state index in [1.54, 1.807) is 42.5 Å². The number of methoxy groups -OCH3 is 1. The van der Waals surface area contributed by atoms with Crippen LogP contribution in [0.1, 0.15) is 30.5 Å². The maximum atomic E-state index is 14.6. The second kappa shape index (κ2) is 15.4. The summed E-state index contributed by atoms with van der Waals surface area (Å²) >= 11 is 0. The van der Waals surface area contributed by atoms with Crippen LogP contribution in [0.4, 0.5) is 5.69 Å². The van der Waals surface area contributed by atoms with Crippen LogP contribution in [0.5, 0.6) is 5.75 Å². The number of carbonyl (C=O) groups is 2. The lowest BCUT2D eigenvalue weighted by molar-refractivity contribution is -0.140. The van der Waals surface area contributed by atoms with Gasteiger partial charge in [0.1, 0.15) is 18.3 Å². The molecule has 0 saturated heterocycles. The van der Waals surface area contributed by atoms with Crippen LogP contribution in [0.15, 0.2) is 114 Å². The van der Waals surface area contributed by atoms with Crippen molar-refractivity contribution in [2.45, 2.75) is 44.7 Å². The van der Waals surface area contributed by atoms with Gasteiger partial charge in [-0.3, -0.25) is 13.9 Å². The summed E-state index contributed by atoms with van der Waals surface area (Å²) in [6, 6.07) is 30.9. The molecule has 0 spiro atoms. The zero-order chi connectivity index (χ0) is 32.4. The molecule has 0 aliphatic heterocycles. The summed E-state index contributed by atoms with van der Waals surface area (Å²) in [6.45, 7) is 5.99. The van der Waals surface area contributed by atoms with Crippen LogP contribution >= 0.6 is 0 Å². The number of ether oxygens (including phenoxy) is 1. The van der Waals surface area contributed by atoms with Crippen molar-refractivity contribution in [3.8, 4) is 5.75 Å². The Hall–Kier alpha value is -4.63. The van der Waals surface area contributed by atoms with E-state index in [2.05, 4.69) is 5.32 Å². The number of amides is 2. The van der Waals surface area contributed by atoms with Crippen LogP contribution in [-0.4, -0.2) is 51.4 Å². The molecule has 0 fully saturated rings. The maximum absolute atomic E-state index is 14.6. The fourth-order valence-electron chi connectivity index (χ4n) is 4.96. The standard InChI is InChI=1S/C36H41N3O5S/c1-27(2)24-37-36(41)34(22-29-15-7-5-8-16-29)38(25-30-17-12-11-14-28(30)3)35(40)26-39(31-18-13-19-32(23-31)44-4)45(42,43)33-20-9-6-10-21-33/h5-21,23,27,34H,22,24-26H2,1-4H3,(H,37,41)/t34-/m1/s1. The third kappa shape index (κ3) is 8.73. The lowest BCUT2D eigenvalue weighted by Gasteiger charge is -2.34. The molecule has 0 saturated carbocycles. The van der Waals surface area contributed by atoms with E-state index in [4.69, 9.17) is 4.74 Å². The van der Waals surface area contributed by atoms with Crippen molar-refractivity contribution in [1.82, 2.24) is 10.2 Å². The van der Waals surface area contributed by atoms with Gasteiger partial charge in [0, 0.05) is 25.6 Å². The molecular formula is C36H41N3O5S. The predicted octanol–water partition coefficient (Wildman–Crippen LogP) is 5.61. The molecule has 4 rings (SSSR count). The average Bonchev–Trinajstić information content (AvgIpc) is 3.05. The lowest BCUT2D eigenvalue weighted by Crippen LogP contribution is -2.53. The molecule has 1 atom stereocenters. The minimum Gasteiger partial charge on any atom is -0.497 e. The fourth-order valence-corrected chi connectivity index (χ4v) is 6.39. The molecule has 0 bridgehead atoms. The molecule has 8 nitrogen and oxygen atoms in total. The molecule has 4 aromatic rings. The summed E-state index contributed by atoms with van der Waals surface area (Å²) in [6.07, 6.45) is 0.257. The van der Waals surface area contributed by atoms with Gasteiger partial charge in [-0.25, -0.2) is 8.42 Å². The summed E-state index contributed by atoms with van der Waals surface area (Å²) in [5, 5.41) is 3.01. The third-order valence-corrected chi connectivity index (χ3v) is 9.30. The first-order valence-corrected chi connectivity index (χ1v) is 16.4. The van der Waals surface area contributed by atoms with Crippen molar-refractivity contribution >= 4 is 27.5 Å². The Morgan fingerprint density at radius 2 is 1.49 bits per heavy atom. The summed E-state index contributed by atoms with van der Waals surface area (Å²) in [5.41, 5.74) is 2.97. The van der Waals surface area contributed by atoms with E-state index in [1.165, 1.54) is 24.1 Å². The van der Waals surface area contributed by atoms with Crippen LogP contribution in [-0.2, 0) is 32.6 Å². The monoisotopic (exact) mass is 627 g/mol. The number of anilines is 1. The Labute approximate surface area is 266 Å². The van der Waals surface area contributed by atoms with Crippen molar-refractivity contribution in [3.63, 3.8) is 0 Å². The lowest BCUT2D eigenvalue weighted by atomic mass is 10.0. The van der Waals surface area contributed by atoms with E-state index < -0.39 is 28.5 Å². The predicted molar refractivity (Wildman–Crippen MR) is 177 cm³/mol. The molecule has 0 aliphatic carbocycles. The molecule has 4 aromatic carbocycles.